The molecule has 0 spiro atoms. The topological polar surface area (TPSA) is 37.3 Å². The van der Waals surface area contributed by atoms with Crippen molar-refractivity contribution in [3.05, 3.63) is 28.7 Å². The largest absolute Gasteiger partial charge is 0.396 e. The van der Waals surface area contributed by atoms with Crippen molar-refractivity contribution in [2.24, 2.45) is 0 Å². The van der Waals surface area contributed by atoms with E-state index >= 15 is 0 Å². The minimum atomic E-state index is -2.22. The molecule has 2 nitrogen and oxygen atoms in total. The Bertz CT molecular complexity index is 381. The van der Waals surface area contributed by atoms with Crippen molar-refractivity contribution in [2.75, 3.05) is 12.4 Å². The molecule has 0 saturated heterocycles. The molecular weight excluding hydrogens is 264 g/mol. The average molecular weight is 277 g/mol. The van der Waals surface area contributed by atoms with Crippen LogP contribution >= 0.6 is 15.9 Å². The van der Waals surface area contributed by atoms with Crippen LogP contribution in [0.5, 0.6) is 0 Å². The normalized spacial score (nSPS) is 15.0. The predicted molar refractivity (Wildman–Crippen MR) is 64.2 cm³/mol. The summed E-state index contributed by atoms with van der Waals surface area (Å²) in [5, 5.41) is 8.66. The van der Waals surface area contributed by atoms with Crippen LogP contribution in [0.3, 0.4) is 0 Å². The molecule has 0 bridgehead atoms. The van der Waals surface area contributed by atoms with E-state index in [1.54, 1.807) is 12.1 Å². The van der Waals surface area contributed by atoms with Gasteiger partial charge < -0.3 is 5.11 Å². The molecule has 0 aromatic heterocycles. The van der Waals surface area contributed by atoms with E-state index < -0.39 is 9.52 Å². The molecule has 0 fully saturated rings. The smallest absolute Gasteiger partial charge is 0.0439 e. The molecule has 0 amide bonds. The standard InChI is InChI=1S/C10H13BrO2S/c1-14(13,8-2-7-12)10-5-3-9(11)4-6-10/h3-6,12H,1-2,7-8H2. The van der Waals surface area contributed by atoms with Gasteiger partial charge in [-0.05, 0) is 46.1 Å². The van der Waals surface area contributed by atoms with Crippen LogP contribution in [-0.4, -0.2) is 27.5 Å². The third kappa shape index (κ3) is 3.12. The van der Waals surface area contributed by atoms with Gasteiger partial charge in [0.15, 0.2) is 0 Å². The summed E-state index contributed by atoms with van der Waals surface area (Å²) in [6.07, 6.45) is 0.526. The minimum absolute atomic E-state index is 0.0586. The number of hydrogen-bond donors (Lipinski definition) is 1. The second-order valence-electron chi connectivity index (χ2n) is 3.05. The average Bonchev–Trinajstić information content (AvgIpc) is 2.16. The van der Waals surface area contributed by atoms with Gasteiger partial charge in [0.2, 0.25) is 0 Å². The summed E-state index contributed by atoms with van der Waals surface area (Å²) in [7, 11) is -2.22. The Balaban J connectivity index is 2.87. The molecule has 1 unspecified atom stereocenters. The van der Waals surface area contributed by atoms with Crippen molar-refractivity contribution in [1.82, 2.24) is 0 Å². The second-order valence-corrected chi connectivity index (χ2v) is 6.47. The number of hydrogen-bond acceptors (Lipinski definition) is 2. The zero-order valence-corrected chi connectivity index (χ0v) is 10.2. The second kappa shape index (κ2) is 4.96. The van der Waals surface area contributed by atoms with Gasteiger partial charge in [-0.2, -0.15) is 0 Å². The maximum Gasteiger partial charge on any atom is 0.0439 e. The van der Waals surface area contributed by atoms with Gasteiger partial charge in [-0.1, -0.05) is 15.9 Å². The zero-order chi connectivity index (χ0) is 10.6. The maximum absolute atomic E-state index is 12.0. The molecule has 1 aromatic rings. The van der Waals surface area contributed by atoms with Gasteiger partial charge in [0.05, 0.1) is 0 Å². The van der Waals surface area contributed by atoms with E-state index in [0.717, 1.165) is 9.37 Å². The van der Waals surface area contributed by atoms with E-state index in [2.05, 4.69) is 21.8 Å². The SMILES string of the molecule is C=S(=O)(CCCO)c1ccc(Br)cc1. The van der Waals surface area contributed by atoms with E-state index in [4.69, 9.17) is 5.11 Å². The molecule has 0 radical (unpaired) electrons. The zero-order valence-electron chi connectivity index (χ0n) is 7.78. The van der Waals surface area contributed by atoms with Crippen LogP contribution in [0.15, 0.2) is 33.6 Å². The van der Waals surface area contributed by atoms with Crippen LogP contribution in [0.1, 0.15) is 6.42 Å². The first kappa shape index (κ1) is 11.8. The Morgan fingerprint density at radius 2 is 1.93 bits per heavy atom. The fraction of sp³-hybridized carbons (Fsp3) is 0.300. The van der Waals surface area contributed by atoms with E-state index in [1.807, 2.05) is 12.1 Å². The molecule has 0 aliphatic carbocycles. The van der Waals surface area contributed by atoms with Gasteiger partial charge in [-0.15, -0.1) is 0 Å². The molecule has 0 aliphatic heterocycles. The Labute approximate surface area is 93.1 Å². The van der Waals surface area contributed by atoms with Gasteiger partial charge in [0.25, 0.3) is 0 Å². The van der Waals surface area contributed by atoms with Crippen LogP contribution < -0.4 is 0 Å². The summed E-state index contributed by atoms with van der Waals surface area (Å²) >= 11 is 3.31. The highest BCUT2D eigenvalue weighted by Crippen LogP contribution is 2.16. The lowest BCUT2D eigenvalue weighted by Crippen LogP contribution is -2.07. The number of halogens is 1. The molecule has 78 valence electrons. The third-order valence-corrected chi connectivity index (χ3v) is 4.48. The lowest BCUT2D eigenvalue weighted by Gasteiger charge is -2.08. The van der Waals surface area contributed by atoms with Gasteiger partial charge in [-0.3, -0.25) is 4.21 Å². The molecule has 1 aromatic carbocycles. The fourth-order valence-electron chi connectivity index (χ4n) is 1.10. The minimum Gasteiger partial charge on any atom is -0.396 e. The predicted octanol–water partition coefficient (Wildman–Crippen LogP) is 1.91. The van der Waals surface area contributed by atoms with Gasteiger partial charge in [0, 0.05) is 21.7 Å². The monoisotopic (exact) mass is 276 g/mol. The highest BCUT2D eigenvalue weighted by Gasteiger charge is 2.06. The van der Waals surface area contributed by atoms with E-state index in [9.17, 15) is 4.21 Å². The molecule has 1 N–H and O–H groups in total. The van der Waals surface area contributed by atoms with E-state index in [1.165, 1.54) is 0 Å². The first-order valence-corrected chi connectivity index (χ1v) is 6.96. The quantitative estimate of drug-likeness (QED) is 0.854. The number of benzene rings is 1. The van der Waals surface area contributed by atoms with E-state index in [-0.39, 0.29) is 6.61 Å². The Kier molecular flexibility index (Phi) is 4.16. The summed E-state index contributed by atoms with van der Waals surface area (Å²) < 4.78 is 13.0. The maximum atomic E-state index is 12.0. The van der Waals surface area contributed by atoms with Gasteiger partial charge >= 0.3 is 0 Å². The molecule has 0 saturated carbocycles. The highest BCUT2D eigenvalue weighted by atomic mass is 79.9. The lowest BCUT2D eigenvalue weighted by molar-refractivity contribution is 0.296. The lowest BCUT2D eigenvalue weighted by atomic mass is 10.4. The molecule has 0 heterocycles. The molecule has 4 heteroatoms. The third-order valence-electron chi connectivity index (χ3n) is 1.88. The number of rotatable bonds is 4. The van der Waals surface area contributed by atoms with Crippen molar-refractivity contribution in [2.45, 2.75) is 11.3 Å². The molecule has 1 rings (SSSR count). The first-order chi connectivity index (χ1) is 6.56. The van der Waals surface area contributed by atoms with Crippen LogP contribution in [0.4, 0.5) is 0 Å². The van der Waals surface area contributed by atoms with Crippen LogP contribution in [0, 0.1) is 0 Å². The van der Waals surface area contributed by atoms with Crippen LogP contribution in [0.25, 0.3) is 0 Å². The van der Waals surface area contributed by atoms with Crippen LogP contribution in [-0.2, 0) is 9.52 Å². The Morgan fingerprint density at radius 1 is 1.36 bits per heavy atom. The van der Waals surface area contributed by atoms with Crippen molar-refractivity contribution in [1.29, 1.82) is 0 Å². The number of aliphatic hydroxyl groups excluding tert-OH is 1. The Hall–Kier alpha value is -0.320. The molecular formula is C10H13BrO2S. The van der Waals surface area contributed by atoms with E-state index in [0.29, 0.717) is 12.2 Å². The van der Waals surface area contributed by atoms with Crippen molar-refractivity contribution in [3.8, 4) is 0 Å². The summed E-state index contributed by atoms with van der Waals surface area (Å²) in [4.78, 5) is 0.745. The highest BCUT2D eigenvalue weighted by molar-refractivity contribution is 9.10. The molecule has 0 aliphatic rings. The molecule has 14 heavy (non-hydrogen) atoms. The Morgan fingerprint density at radius 3 is 2.43 bits per heavy atom. The van der Waals surface area contributed by atoms with Crippen molar-refractivity contribution in [3.63, 3.8) is 0 Å². The van der Waals surface area contributed by atoms with Gasteiger partial charge in [0.1, 0.15) is 0 Å². The van der Waals surface area contributed by atoms with Crippen molar-refractivity contribution < 1.29 is 9.32 Å². The fourth-order valence-corrected chi connectivity index (χ4v) is 2.83. The summed E-state index contributed by atoms with van der Waals surface area (Å²) in [5.74, 6) is 4.14. The van der Waals surface area contributed by atoms with Crippen molar-refractivity contribution >= 4 is 31.3 Å². The number of aliphatic hydroxyl groups is 1. The molecule has 1 atom stereocenters. The summed E-state index contributed by atoms with van der Waals surface area (Å²) in [5.41, 5.74) is 0. The van der Waals surface area contributed by atoms with Gasteiger partial charge in [-0.25, -0.2) is 0 Å². The van der Waals surface area contributed by atoms with Crippen LogP contribution in [0.2, 0.25) is 0 Å². The summed E-state index contributed by atoms with van der Waals surface area (Å²) in [6, 6.07) is 7.30. The first-order valence-electron chi connectivity index (χ1n) is 4.27. The summed E-state index contributed by atoms with van der Waals surface area (Å²) in [6.45, 7) is 0.0586.